The van der Waals surface area contributed by atoms with Crippen molar-refractivity contribution in [1.29, 1.82) is 0 Å². The van der Waals surface area contributed by atoms with Crippen molar-refractivity contribution in [3.05, 3.63) is 279 Å². The number of nitrogens with zero attached hydrogens (tertiary/aromatic N) is 2. The van der Waals surface area contributed by atoms with Crippen LogP contribution in [0.3, 0.4) is 0 Å². The minimum absolute atomic E-state index is 1.09. The van der Waals surface area contributed by atoms with E-state index in [0.717, 1.165) is 56.4 Å². The first-order chi connectivity index (χ1) is 36.7. The minimum atomic E-state index is 1.09. The van der Waals surface area contributed by atoms with Gasteiger partial charge in [0.05, 0.1) is 0 Å². The monoisotopic (exact) mass is 938 g/mol. The number of fused-ring (bicyclic) bond motifs is 12. The van der Waals surface area contributed by atoms with Gasteiger partial charge in [-0.3, -0.25) is 0 Å². The van der Waals surface area contributed by atoms with E-state index in [1.54, 1.807) is 0 Å². The van der Waals surface area contributed by atoms with E-state index in [0.29, 0.717) is 0 Å². The van der Waals surface area contributed by atoms with Gasteiger partial charge in [0, 0.05) is 34.1 Å². The molecule has 0 N–H and O–H groups in total. The summed E-state index contributed by atoms with van der Waals surface area (Å²) in [5.41, 5.74) is 16.0. The molecule has 7 aliphatic heterocycles. The van der Waals surface area contributed by atoms with Crippen LogP contribution in [0.2, 0.25) is 0 Å². The molecule has 0 saturated carbocycles. The standard InChI is InChI=1S/C72H46N2/c1-2-14-58-48-27-35-52(36-28-48)74(56-42-44-70-66-22-8-6-18-62(66)64-20-10-12-24-68(64)72(70)46-56)54-39-31-50(32-40-54)60-16-4-3-15-59(60)49-29-37-53(38-30-49)73(51-33-25-47(26-34-51)57(58)13-1)55-41-43-69-65-21-7-5-17-61(65)63-19-9-11-23-67(63)71(69)45-55/h1-46H. The molecular formula is C72H46N2. The highest BCUT2D eigenvalue weighted by Crippen LogP contribution is 2.46. The average molecular weight is 939 g/mol. The van der Waals surface area contributed by atoms with Crippen molar-refractivity contribution in [2.45, 2.75) is 0 Å². The van der Waals surface area contributed by atoms with Crippen molar-refractivity contribution in [2.75, 3.05) is 9.80 Å². The van der Waals surface area contributed by atoms with Gasteiger partial charge in [-0.25, -0.2) is 0 Å². The Morgan fingerprint density at radius 3 is 0.581 bits per heavy atom. The van der Waals surface area contributed by atoms with Crippen LogP contribution in [0.4, 0.5) is 34.1 Å². The van der Waals surface area contributed by atoms with E-state index < -0.39 is 0 Å². The van der Waals surface area contributed by atoms with Gasteiger partial charge in [-0.05, 0) is 182 Å². The van der Waals surface area contributed by atoms with Gasteiger partial charge >= 0.3 is 0 Å². The highest BCUT2D eigenvalue weighted by molar-refractivity contribution is 6.27. The molecule has 0 aliphatic carbocycles. The fourth-order valence-electron chi connectivity index (χ4n) is 12.1. The van der Waals surface area contributed by atoms with Crippen LogP contribution < -0.4 is 9.80 Å². The molecule has 0 atom stereocenters. The van der Waals surface area contributed by atoms with Crippen LogP contribution in [-0.2, 0) is 0 Å². The van der Waals surface area contributed by atoms with E-state index >= 15 is 0 Å². The lowest BCUT2D eigenvalue weighted by atomic mass is 9.92. The van der Waals surface area contributed by atoms with E-state index in [2.05, 4.69) is 289 Å². The van der Waals surface area contributed by atoms with Gasteiger partial charge in [0.15, 0.2) is 0 Å². The summed E-state index contributed by atoms with van der Waals surface area (Å²) in [5.74, 6) is 0. The highest BCUT2D eigenvalue weighted by atomic mass is 15.1. The Kier molecular flexibility index (Phi) is 9.61. The number of rotatable bonds is 2. The van der Waals surface area contributed by atoms with E-state index in [4.69, 9.17) is 0 Å². The molecule has 2 nitrogen and oxygen atoms in total. The van der Waals surface area contributed by atoms with Gasteiger partial charge in [0.25, 0.3) is 0 Å². The number of benzene rings is 14. The molecule has 344 valence electrons. The molecule has 21 rings (SSSR count). The van der Waals surface area contributed by atoms with Crippen LogP contribution in [0.15, 0.2) is 279 Å². The van der Waals surface area contributed by atoms with Crippen molar-refractivity contribution < 1.29 is 0 Å². The van der Waals surface area contributed by atoms with Gasteiger partial charge in [0.2, 0.25) is 0 Å². The van der Waals surface area contributed by atoms with Gasteiger partial charge in [0.1, 0.15) is 0 Å². The van der Waals surface area contributed by atoms with Gasteiger partial charge < -0.3 is 9.80 Å². The Labute approximate surface area is 429 Å². The second kappa shape index (κ2) is 16.9. The third-order valence-corrected chi connectivity index (χ3v) is 15.6. The normalized spacial score (nSPS) is 12.3. The Morgan fingerprint density at radius 2 is 0.338 bits per heavy atom. The summed E-state index contributed by atoms with van der Waals surface area (Å²) in [6.45, 7) is 0. The average Bonchev–Trinajstić information content (AvgIpc) is 3.48. The molecule has 14 aromatic rings. The lowest BCUT2D eigenvalue weighted by Gasteiger charge is -2.27. The third-order valence-electron chi connectivity index (χ3n) is 15.6. The molecule has 7 heterocycles. The van der Waals surface area contributed by atoms with Crippen molar-refractivity contribution in [3.8, 4) is 44.5 Å². The topological polar surface area (TPSA) is 6.48 Å². The maximum absolute atomic E-state index is 2.41. The van der Waals surface area contributed by atoms with Crippen LogP contribution in [-0.4, -0.2) is 0 Å². The summed E-state index contributed by atoms with van der Waals surface area (Å²) in [6.07, 6.45) is 0. The summed E-state index contributed by atoms with van der Waals surface area (Å²) in [6, 6.07) is 103. The van der Waals surface area contributed by atoms with Crippen LogP contribution >= 0.6 is 0 Å². The fraction of sp³-hybridized carbons (Fsp3) is 0. The second-order valence-corrected chi connectivity index (χ2v) is 19.6. The molecule has 0 saturated heterocycles. The maximum atomic E-state index is 2.41. The second-order valence-electron chi connectivity index (χ2n) is 19.6. The zero-order chi connectivity index (χ0) is 48.7. The zero-order valence-corrected chi connectivity index (χ0v) is 40.5. The smallest absolute Gasteiger partial charge is 0.0468 e. The van der Waals surface area contributed by atoms with Crippen molar-refractivity contribution in [3.63, 3.8) is 0 Å². The molecule has 0 radical (unpaired) electrons. The molecule has 7 aliphatic rings. The Balaban J connectivity index is 0.913. The Morgan fingerprint density at radius 1 is 0.149 bits per heavy atom. The van der Waals surface area contributed by atoms with E-state index in [9.17, 15) is 0 Å². The maximum Gasteiger partial charge on any atom is 0.0468 e. The number of hydrogen-bond acceptors (Lipinski definition) is 2. The molecule has 14 aromatic carbocycles. The van der Waals surface area contributed by atoms with Gasteiger partial charge in [-0.15, -0.1) is 0 Å². The quantitative estimate of drug-likeness (QED) is 0.159. The predicted octanol–water partition coefficient (Wildman–Crippen LogP) is 20.5. The zero-order valence-electron chi connectivity index (χ0n) is 40.5. The first-order valence-electron chi connectivity index (χ1n) is 25.6. The van der Waals surface area contributed by atoms with Crippen LogP contribution in [0.25, 0.3) is 109 Å². The lowest BCUT2D eigenvalue weighted by molar-refractivity contribution is 1.29. The highest BCUT2D eigenvalue weighted by Gasteiger charge is 2.20. The molecule has 8 bridgehead atoms. The van der Waals surface area contributed by atoms with Crippen molar-refractivity contribution in [1.82, 2.24) is 0 Å². The van der Waals surface area contributed by atoms with E-state index in [-0.39, 0.29) is 0 Å². The Hall–Kier alpha value is -9.76. The first-order valence-corrected chi connectivity index (χ1v) is 25.6. The molecule has 74 heavy (non-hydrogen) atoms. The third kappa shape index (κ3) is 6.73. The van der Waals surface area contributed by atoms with Crippen LogP contribution in [0.5, 0.6) is 0 Å². The SMILES string of the molecule is c1ccc2c(c1)-c1ccc(cc1)N(c1ccc3c4ccccc4c4ccccc4c3c1)c1ccc(cc1)-c1ccccc1-c1ccc(cc1)N(c1ccc3c4ccccc4c4ccccc4c3c1)c1ccc-2cc1. The molecule has 0 fully saturated rings. The van der Waals surface area contributed by atoms with Crippen LogP contribution in [0.1, 0.15) is 0 Å². The summed E-state index contributed by atoms with van der Waals surface area (Å²) >= 11 is 0. The number of anilines is 6. The minimum Gasteiger partial charge on any atom is -0.310 e. The first kappa shape index (κ1) is 42.0. The largest absolute Gasteiger partial charge is 0.310 e. The summed E-state index contributed by atoms with van der Waals surface area (Å²) in [4.78, 5) is 4.81. The molecule has 0 unspecified atom stereocenters. The fourth-order valence-corrected chi connectivity index (χ4v) is 12.1. The van der Waals surface area contributed by atoms with Gasteiger partial charge in [-0.2, -0.15) is 0 Å². The summed E-state index contributed by atoms with van der Waals surface area (Å²) in [5, 5.41) is 15.1. The molecule has 2 heteroatoms. The predicted molar refractivity (Wildman–Crippen MR) is 316 cm³/mol. The molecular weight excluding hydrogens is 893 g/mol. The van der Waals surface area contributed by atoms with Crippen molar-refractivity contribution >= 4 is 98.8 Å². The number of hydrogen-bond donors (Lipinski definition) is 0. The Bertz CT molecular complexity index is 4020. The summed E-state index contributed by atoms with van der Waals surface area (Å²) in [7, 11) is 0. The van der Waals surface area contributed by atoms with Gasteiger partial charge in [-0.1, -0.05) is 206 Å². The molecule has 0 amide bonds. The molecule has 0 spiro atoms. The van der Waals surface area contributed by atoms with Crippen LogP contribution in [0, 0.1) is 0 Å². The van der Waals surface area contributed by atoms with Crippen molar-refractivity contribution in [2.24, 2.45) is 0 Å². The summed E-state index contributed by atoms with van der Waals surface area (Å²) < 4.78 is 0. The lowest BCUT2D eigenvalue weighted by Crippen LogP contribution is -2.10. The van der Waals surface area contributed by atoms with E-state index in [1.165, 1.54) is 86.9 Å². The van der Waals surface area contributed by atoms with E-state index in [1.807, 2.05) is 0 Å². The molecule has 0 aromatic heterocycles.